The van der Waals surface area contributed by atoms with Gasteiger partial charge >= 0.3 is 5.13 Å². The van der Waals surface area contributed by atoms with Gasteiger partial charge < -0.3 is 15.4 Å². The Balaban J connectivity index is 0.00000147. The summed E-state index contributed by atoms with van der Waals surface area (Å²) in [5, 5.41) is 2.81. The smallest absolute Gasteiger partial charge is 0.343 e. The fraction of sp³-hybridized carbons (Fsp3) is 0.385. The highest BCUT2D eigenvalue weighted by atomic mass is 79.9. The number of halogens is 1. The molecule has 1 saturated heterocycles. The van der Waals surface area contributed by atoms with Gasteiger partial charge in [0.2, 0.25) is 0 Å². The number of rotatable bonds is 2. The lowest BCUT2D eigenvalue weighted by Gasteiger charge is -2.27. The number of thiazole rings is 1. The van der Waals surface area contributed by atoms with E-state index >= 15 is 0 Å². The van der Waals surface area contributed by atoms with E-state index in [1.54, 1.807) is 0 Å². The van der Waals surface area contributed by atoms with Crippen LogP contribution in [0.1, 0.15) is 5.69 Å². The number of aryl methyl sites for hydroxylation is 1. The fourth-order valence-corrected chi connectivity index (χ4v) is 3.75. The van der Waals surface area contributed by atoms with E-state index in [9.17, 15) is 0 Å². The highest BCUT2D eigenvalue weighted by Crippen LogP contribution is 2.37. The molecule has 0 aliphatic carbocycles. The molecule has 0 amide bonds. The Kier molecular flexibility index (Phi) is 4.95. The first-order chi connectivity index (χ1) is 9.24. The highest BCUT2D eigenvalue weighted by molar-refractivity contribution is 8.93. The molecule has 0 bridgehead atoms. The first kappa shape index (κ1) is 15.2. The Morgan fingerprint density at radius 2 is 2.10 bits per heavy atom. The standard InChI is InChI=1S/C13H17N4OS.BrH/c1-10-9-19(13(14)16-10)11-2-3-15-12(8-11)17-4-6-18-7-5-17;/h2-3,8-9H,4-7H2,1H3,(H2,14,16);1H/q+1;. The minimum absolute atomic E-state index is 0. The van der Waals surface area contributed by atoms with E-state index in [2.05, 4.69) is 26.3 Å². The van der Waals surface area contributed by atoms with Gasteiger partial charge in [-0.1, -0.05) is 0 Å². The van der Waals surface area contributed by atoms with E-state index in [4.69, 9.17) is 10.5 Å². The summed E-state index contributed by atoms with van der Waals surface area (Å²) in [6.07, 6.45) is 1.85. The van der Waals surface area contributed by atoms with Gasteiger partial charge in [0.05, 0.1) is 29.4 Å². The first-order valence-corrected chi connectivity index (χ1v) is 7.57. The summed E-state index contributed by atoms with van der Waals surface area (Å²) in [6, 6.07) is 4.14. The van der Waals surface area contributed by atoms with Crippen molar-refractivity contribution in [3.8, 4) is 4.90 Å². The van der Waals surface area contributed by atoms with Gasteiger partial charge in [-0.25, -0.2) is 4.98 Å². The number of morpholine rings is 1. The maximum absolute atomic E-state index is 5.99. The second-order valence-electron chi connectivity index (χ2n) is 4.50. The van der Waals surface area contributed by atoms with Crippen molar-refractivity contribution in [2.24, 2.45) is 0 Å². The summed E-state index contributed by atoms with van der Waals surface area (Å²) in [4.78, 5) is 12.2. The van der Waals surface area contributed by atoms with Crippen LogP contribution in [0, 0.1) is 6.92 Å². The van der Waals surface area contributed by atoms with Crippen molar-refractivity contribution in [3.63, 3.8) is 0 Å². The zero-order chi connectivity index (χ0) is 13.2. The third-order valence-electron chi connectivity index (χ3n) is 3.11. The Labute approximate surface area is 131 Å². The quantitative estimate of drug-likeness (QED) is 0.836. The molecule has 0 aromatic carbocycles. The molecule has 2 aromatic rings. The molecule has 1 unspecified atom stereocenters. The maximum Gasteiger partial charge on any atom is 0.343 e. The van der Waals surface area contributed by atoms with Crippen LogP contribution in [0.3, 0.4) is 0 Å². The van der Waals surface area contributed by atoms with Crippen LogP contribution in [0.15, 0.2) is 23.7 Å². The van der Waals surface area contributed by atoms with Gasteiger partial charge in [0.1, 0.15) is 5.82 Å². The number of nitrogen functional groups attached to an aromatic ring is 1. The van der Waals surface area contributed by atoms with E-state index in [1.807, 2.05) is 19.2 Å². The molecule has 2 N–H and O–H groups in total. The lowest BCUT2D eigenvalue weighted by Crippen LogP contribution is -2.36. The number of ether oxygens (including phenoxy) is 1. The number of aromatic nitrogens is 2. The predicted molar refractivity (Wildman–Crippen MR) is 88.4 cm³/mol. The maximum atomic E-state index is 5.99. The van der Waals surface area contributed by atoms with Crippen LogP contribution in [-0.4, -0.2) is 36.3 Å². The minimum Gasteiger partial charge on any atom is -0.378 e. The third kappa shape index (κ3) is 3.11. The SMILES string of the molecule is Br.Cc1c[s+](-c2ccnc(N3CCOCC3)c2)c(N)n1. The lowest BCUT2D eigenvalue weighted by molar-refractivity contribution is 0.122. The Bertz CT molecular complexity index is 584. The van der Waals surface area contributed by atoms with E-state index in [1.165, 1.54) is 4.90 Å². The van der Waals surface area contributed by atoms with Gasteiger partial charge in [-0.2, -0.15) is 4.98 Å². The van der Waals surface area contributed by atoms with Gasteiger partial charge in [-0.05, 0) is 6.92 Å². The van der Waals surface area contributed by atoms with Crippen LogP contribution < -0.4 is 10.6 Å². The zero-order valence-corrected chi connectivity index (χ0v) is 13.8. The van der Waals surface area contributed by atoms with Crippen molar-refractivity contribution in [2.45, 2.75) is 6.92 Å². The van der Waals surface area contributed by atoms with Gasteiger partial charge in [-0.15, -0.1) is 17.0 Å². The lowest BCUT2D eigenvalue weighted by atomic mass is 10.4. The van der Waals surface area contributed by atoms with Crippen molar-refractivity contribution in [1.82, 2.24) is 9.97 Å². The molecule has 20 heavy (non-hydrogen) atoms. The van der Waals surface area contributed by atoms with Crippen LogP contribution in [-0.2, 0) is 4.74 Å². The summed E-state index contributed by atoms with van der Waals surface area (Å²) < 4.78 is 5.37. The summed E-state index contributed by atoms with van der Waals surface area (Å²) in [5.74, 6) is 0.999. The second kappa shape index (κ2) is 6.51. The molecule has 1 fully saturated rings. The molecule has 5 nitrogen and oxygen atoms in total. The summed E-state index contributed by atoms with van der Waals surface area (Å²) in [6.45, 7) is 5.29. The van der Waals surface area contributed by atoms with Crippen molar-refractivity contribution in [2.75, 3.05) is 36.9 Å². The molecular weight excluding hydrogens is 340 g/mol. The highest BCUT2D eigenvalue weighted by Gasteiger charge is 2.20. The van der Waals surface area contributed by atoms with E-state index < -0.39 is 0 Å². The fourth-order valence-electron chi connectivity index (χ4n) is 2.17. The van der Waals surface area contributed by atoms with Crippen LogP contribution in [0.25, 0.3) is 4.90 Å². The number of hydrogen-bond donors (Lipinski definition) is 1. The van der Waals surface area contributed by atoms with Crippen LogP contribution >= 0.6 is 27.5 Å². The van der Waals surface area contributed by atoms with Crippen LogP contribution in [0.5, 0.6) is 0 Å². The van der Waals surface area contributed by atoms with E-state index in [-0.39, 0.29) is 27.5 Å². The minimum atomic E-state index is -0.212. The van der Waals surface area contributed by atoms with Crippen molar-refractivity contribution in [1.29, 1.82) is 0 Å². The van der Waals surface area contributed by atoms with E-state index in [0.717, 1.165) is 37.8 Å². The molecule has 1 aliphatic heterocycles. The average Bonchev–Trinajstić information content (AvgIpc) is 2.79. The van der Waals surface area contributed by atoms with Gasteiger partial charge in [0, 0.05) is 31.4 Å². The number of hydrogen-bond acceptors (Lipinski definition) is 5. The van der Waals surface area contributed by atoms with Gasteiger partial charge in [0.25, 0.3) is 0 Å². The molecule has 3 heterocycles. The third-order valence-corrected chi connectivity index (χ3v) is 4.99. The van der Waals surface area contributed by atoms with Crippen LogP contribution in [0.2, 0.25) is 0 Å². The number of nitrogens with two attached hydrogens (primary N) is 1. The molecule has 7 heteroatoms. The molecule has 108 valence electrons. The van der Waals surface area contributed by atoms with Gasteiger partial charge in [0.15, 0.2) is 10.3 Å². The average molecular weight is 358 g/mol. The normalized spacial score (nSPS) is 15.8. The molecule has 0 spiro atoms. The largest absolute Gasteiger partial charge is 0.378 e. The Hall–Kier alpha value is -1.18. The van der Waals surface area contributed by atoms with Crippen molar-refractivity contribution in [3.05, 3.63) is 29.4 Å². The summed E-state index contributed by atoms with van der Waals surface area (Å²) >= 11 is 0. The Morgan fingerprint density at radius 1 is 1.35 bits per heavy atom. The molecule has 0 saturated carbocycles. The monoisotopic (exact) mass is 357 g/mol. The summed E-state index contributed by atoms with van der Waals surface area (Å²) in [5.41, 5.74) is 6.98. The molecule has 0 radical (unpaired) electrons. The topological polar surface area (TPSA) is 64.3 Å². The molecule has 1 aliphatic rings. The van der Waals surface area contributed by atoms with Crippen molar-refractivity contribution >= 4 is 38.4 Å². The zero-order valence-electron chi connectivity index (χ0n) is 11.3. The van der Waals surface area contributed by atoms with E-state index in [0.29, 0.717) is 5.13 Å². The summed E-state index contributed by atoms with van der Waals surface area (Å²) in [7, 11) is -0.212. The number of nitrogens with zero attached hydrogens (tertiary/aromatic N) is 3. The molecule has 2 aromatic heterocycles. The second-order valence-corrected chi connectivity index (χ2v) is 6.30. The molecular formula is C13H18BrN4OS+. The number of pyridine rings is 1. The van der Waals surface area contributed by atoms with Crippen molar-refractivity contribution < 1.29 is 4.74 Å². The van der Waals surface area contributed by atoms with Gasteiger partial charge in [-0.3, -0.25) is 0 Å². The first-order valence-electron chi connectivity index (χ1n) is 6.28. The number of anilines is 2. The Morgan fingerprint density at radius 3 is 2.75 bits per heavy atom. The van der Waals surface area contributed by atoms with Crippen LogP contribution in [0.4, 0.5) is 10.9 Å². The molecule has 3 rings (SSSR count). The molecule has 1 atom stereocenters. The predicted octanol–water partition coefficient (Wildman–Crippen LogP) is 2.52.